The van der Waals surface area contributed by atoms with Gasteiger partial charge in [0.05, 0.1) is 18.8 Å². The number of nitrogens with one attached hydrogen (secondary N) is 1. The summed E-state index contributed by atoms with van der Waals surface area (Å²) in [4.78, 5) is 22.0. The number of aliphatic hydroxyl groups excluding tert-OH is 2. The average Bonchev–Trinajstić information content (AvgIpc) is 3.11. The Kier molecular flexibility index (Phi) is 6.75. The molecule has 0 aliphatic heterocycles. The minimum atomic E-state index is -1.22. The van der Waals surface area contributed by atoms with Crippen molar-refractivity contribution in [3.63, 3.8) is 0 Å². The number of aliphatic carboxylic acids is 1. The smallest absolute Gasteiger partial charge is 0.317 e. The number of carbonyl (C=O) groups is 2. The Morgan fingerprint density at radius 1 is 1.15 bits per heavy atom. The first-order valence-electron chi connectivity index (χ1n) is 12.9. The first kappa shape index (κ1) is 25.1. The SMILES string of the molecule is C[C@H](CCC=O)[C@H]1CCC2C3C(C[C@H](O)[C@@]21C)[C@@]1(C)CC[C@](O)(NCC(=O)O)CC1C[C@H]3O. The second-order valence-electron chi connectivity index (χ2n) is 12.3. The van der Waals surface area contributed by atoms with Crippen molar-refractivity contribution < 1.29 is 30.0 Å². The lowest BCUT2D eigenvalue weighted by Gasteiger charge is -2.64. The van der Waals surface area contributed by atoms with Gasteiger partial charge in [-0.25, -0.2) is 0 Å². The van der Waals surface area contributed by atoms with E-state index in [0.29, 0.717) is 43.9 Å². The molecule has 0 heterocycles. The first-order chi connectivity index (χ1) is 15.5. The van der Waals surface area contributed by atoms with Gasteiger partial charge in [0.1, 0.15) is 12.0 Å². The Labute approximate surface area is 197 Å². The van der Waals surface area contributed by atoms with E-state index in [1.807, 2.05) is 0 Å². The van der Waals surface area contributed by atoms with Crippen LogP contribution in [0.3, 0.4) is 0 Å². The van der Waals surface area contributed by atoms with Crippen LogP contribution < -0.4 is 5.32 Å². The molecule has 0 saturated heterocycles. The summed E-state index contributed by atoms with van der Waals surface area (Å²) in [7, 11) is 0. The lowest BCUT2D eigenvalue weighted by atomic mass is 9.42. The summed E-state index contributed by atoms with van der Waals surface area (Å²) in [6.45, 7) is 6.43. The van der Waals surface area contributed by atoms with Gasteiger partial charge in [0, 0.05) is 6.42 Å². The molecule has 4 fully saturated rings. The monoisotopic (exact) mass is 465 g/mol. The number of carboxylic acid groups (broad SMARTS) is 1. The Hall–Kier alpha value is -1.02. The third kappa shape index (κ3) is 4.07. The Bertz CT molecular complexity index is 761. The molecule has 7 nitrogen and oxygen atoms in total. The molecule has 0 spiro atoms. The van der Waals surface area contributed by atoms with E-state index in [9.17, 15) is 24.9 Å². The predicted molar refractivity (Wildman–Crippen MR) is 123 cm³/mol. The molecule has 4 saturated carbocycles. The van der Waals surface area contributed by atoms with Gasteiger partial charge in [-0.05, 0) is 97.7 Å². The van der Waals surface area contributed by atoms with E-state index in [0.717, 1.165) is 32.0 Å². The van der Waals surface area contributed by atoms with Crippen molar-refractivity contribution in [2.45, 2.75) is 96.5 Å². The van der Waals surface area contributed by atoms with Crippen LogP contribution in [0.15, 0.2) is 0 Å². The van der Waals surface area contributed by atoms with E-state index in [-0.39, 0.29) is 41.0 Å². The van der Waals surface area contributed by atoms with Crippen LogP contribution in [0.2, 0.25) is 0 Å². The highest BCUT2D eigenvalue weighted by molar-refractivity contribution is 5.69. The minimum absolute atomic E-state index is 0.0778. The van der Waals surface area contributed by atoms with Gasteiger partial charge in [-0.15, -0.1) is 0 Å². The van der Waals surface area contributed by atoms with E-state index in [4.69, 9.17) is 5.11 Å². The third-order valence-electron chi connectivity index (χ3n) is 10.9. The number of carboxylic acids is 1. The Morgan fingerprint density at radius 3 is 2.55 bits per heavy atom. The maximum absolute atomic E-state index is 11.6. The van der Waals surface area contributed by atoms with E-state index in [2.05, 4.69) is 26.1 Å². The molecule has 4 aliphatic carbocycles. The van der Waals surface area contributed by atoms with Crippen LogP contribution in [0.4, 0.5) is 0 Å². The van der Waals surface area contributed by atoms with Gasteiger partial charge in [0.2, 0.25) is 0 Å². The third-order valence-corrected chi connectivity index (χ3v) is 10.9. The average molecular weight is 466 g/mol. The molecule has 0 bridgehead atoms. The number of rotatable bonds is 7. The molecule has 4 unspecified atom stereocenters. The van der Waals surface area contributed by atoms with Crippen LogP contribution in [0.25, 0.3) is 0 Å². The molecular weight excluding hydrogens is 422 g/mol. The molecule has 0 amide bonds. The van der Waals surface area contributed by atoms with Gasteiger partial charge in [0.25, 0.3) is 0 Å². The highest BCUT2D eigenvalue weighted by atomic mass is 16.4. The fourth-order valence-corrected chi connectivity index (χ4v) is 9.08. The molecule has 188 valence electrons. The van der Waals surface area contributed by atoms with E-state index < -0.39 is 23.9 Å². The molecule has 4 aliphatic rings. The summed E-state index contributed by atoms with van der Waals surface area (Å²) >= 11 is 0. The number of fused-ring (bicyclic) bond motifs is 5. The van der Waals surface area contributed by atoms with Gasteiger partial charge in [-0.1, -0.05) is 20.8 Å². The summed E-state index contributed by atoms with van der Waals surface area (Å²) in [6.07, 6.45) is 6.46. The summed E-state index contributed by atoms with van der Waals surface area (Å²) in [5.41, 5.74) is -1.56. The summed E-state index contributed by atoms with van der Waals surface area (Å²) in [5, 5.41) is 45.9. The Morgan fingerprint density at radius 2 is 1.88 bits per heavy atom. The minimum Gasteiger partial charge on any atom is -0.480 e. The molecule has 0 radical (unpaired) electrons. The van der Waals surface area contributed by atoms with E-state index >= 15 is 0 Å². The second-order valence-corrected chi connectivity index (χ2v) is 12.3. The molecule has 0 aromatic heterocycles. The largest absolute Gasteiger partial charge is 0.480 e. The first-order valence-corrected chi connectivity index (χ1v) is 12.9. The van der Waals surface area contributed by atoms with Gasteiger partial charge >= 0.3 is 5.97 Å². The highest BCUT2D eigenvalue weighted by Crippen LogP contribution is 2.68. The molecule has 11 atom stereocenters. The molecule has 7 heteroatoms. The number of aliphatic hydroxyl groups is 3. The topological polar surface area (TPSA) is 127 Å². The fourth-order valence-electron chi connectivity index (χ4n) is 9.08. The lowest BCUT2D eigenvalue weighted by Crippen LogP contribution is -2.64. The molecular formula is C26H43NO6. The highest BCUT2D eigenvalue weighted by Gasteiger charge is 2.66. The van der Waals surface area contributed by atoms with Crippen molar-refractivity contribution in [1.82, 2.24) is 5.32 Å². The molecule has 0 aromatic carbocycles. The molecule has 4 rings (SSSR count). The number of carbonyl (C=O) groups excluding carboxylic acids is 1. The normalized spacial score (nSPS) is 50.1. The van der Waals surface area contributed by atoms with Crippen LogP contribution in [-0.2, 0) is 9.59 Å². The van der Waals surface area contributed by atoms with Crippen molar-refractivity contribution in [3.05, 3.63) is 0 Å². The van der Waals surface area contributed by atoms with Crippen molar-refractivity contribution >= 4 is 12.3 Å². The quantitative estimate of drug-likeness (QED) is 0.289. The second kappa shape index (κ2) is 8.89. The zero-order valence-electron chi connectivity index (χ0n) is 20.4. The van der Waals surface area contributed by atoms with Gasteiger partial charge in [-0.2, -0.15) is 0 Å². The van der Waals surface area contributed by atoms with Crippen LogP contribution in [-0.4, -0.2) is 57.2 Å². The van der Waals surface area contributed by atoms with E-state index in [1.54, 1.807) is 0 Å². The van der Waals surface area contributed by atoms with Crippen molar-refractivity contribution in [3.8, 4) is 0 Å². The number of aldehydes is 1. The predicted octanol–water partition coefficient (Wildman–Crippen LogP) is 2.56. The summed E-state index contributed by atoms with van der Waals surface area (Å²) < 4.78 is 0. The summed E-state index contributed by atoms with van der Waals surface area (Å²) in [5.74, 6) is 0.391. The number of hydrogen-bond donors (Lipinski definition) is 5. The lowest BCUT2D eigenvalue weighted by molar-refractivity contribution is -0.218. The maximum Gasteiger partial charge on any atom is 0.317 e. The van der Waals surface area contributed by atoms with Crippen LogP contribution >= 0.6 is 0 Å². The Balaban J connectivity index is 1.57. The standard InChI is InChI=1S/C26H43NO6/c1-15(5-4-10-28)17-6-7-18-23-19(12-21(30)25(17,18)3)24(2)8-9-26(33,27-14-22(31)32)13-16(24)11-20(23)29/h10,15-21,23,27,29-30,33H,4-9,11-14H2,1-3H3,(H,31,32)/t15-,16?,17-,18?,19?,20-,21+,23?,24+,25-,26-/m1/s1. The van der Waals surface area contributed by atoms with E-state index in [1.165, 1.54) is 0 Å². The van der Waals surface area contributed by atoms with Gasteiger partial charge in [0.15, 0.2) is 0 Å². The molecule has 0 aromatic rings. The van der Waals surface area contributed by atoms with Gasteiger partial charge in [-0.3, -0.25) is 10.1 Å². The van der Waals surface area contributed by atoms with Crippen LogP contribution in [0.5, 0.6) is 0 Å². The molecule has 5 N–H and O–H groups in total. The molecule has 33 heavy (non-hydrogen) atoms. The fraction of sp³-hybridized carbons (Fsp3) is 0.923. The zero-order valence-corrected chi connectivity index (χ0v) is 20.4. The van der Waals surface area contributed by atoms with Crippen LogP contribution in [0, 0.1) is 46.3 Å². The van der Waals surface area contributed by atoms with Crippen molar-refractivity contribution in [2.75, 3.05) is 6.54 Å². The maximum atomic E-state index is 11.6. The number of hydrogen-bond acceptors (Lipinski definition) is 6. The van der Waals surface area contributed by atoms with Crippen molar-refractivity contribution in [1.29, 1.82) is 0 Å². The van der Waals surface area contributed by atoms with Gasteiger partial charge < -0.3 is 25.2 Å². The van der Waals surface area contributed by atoms with Crippen LogP contribution in [0.1, 0.15) is 78.6 Å². The summed E-state index contributed by atoms with van der Waals surface area (Å²) in [6, 6.07) is 0. The van der Waals surface area contributed by atoms with Crippen molar-refractivity contribution in [2.24, 2.45) is 46.3 Å². The zero-order chi connectivity index (χ0) is 24.2.